The maximum atomic E-state index is 9.21. The molecule has 0 rings (SSSR count). The van der Waals surface area contributed by atoms with Crippen LogP contribution in [0.3, 0.4) is 0 Å². The minimum Gasteiger partial charge on any atom is -0.396 e. The van der Waals surface area contributed by atoms with Gasteiger partial charge in [0, 0.05) is 6.61 Å². The molecule has 0 aromatic carbocycles. The zero-order valence-electron chi connectivity index (χ0n) is 16.1. The van der Waals surface area contributed by atoms with Gasteiger partial charge in [-0.25, -0.2) is 0 Å². The van der Waals surface area contributed by atoms with Gasteiger partial charge in [0.1, 0.15) is 0 Å². The Morgan fingerprint density at radius 3 is 1.86 bits per heavy atom. The Balaban J connectivity index is 0. The minimum absolute atomic E-state index is 0.0448. The molecule has 0 saturated heterocycles. The smallest absolute Gasteiger partial charge is 0.0537 e. The van der Waals surface area contributed by atoms with E-state index in [1.807, 2.05) is 6.92 Å². The number of rotatable bonds is 13. The van der Waals surface area contributed by atoms with Gasteiger partial charge >= 0.3 is 0 Å². The van der Waals surface area contributed by atoms with Crippen LogP contribution in [0.25, 0.3) is 0 Å². The van der Waals surface area contributed by atoms with E-state index in [1.165, 1.54) is 51.4 Å². The molecule has 0 aromatic heterocycles. The Hall–Kier alpha value is -0.0800. The summed E-state index contributed by atoms with van der Waals surface area (Å²) in [4.78, 5) is 0. The maximum absolute atomic E-state index is 9.21. The van der Waals surface area contributed by atoms with Gasteiger partial charge in [0.25, 0.3) is 0 Å². The molecular weight excluding hydrogens is 272 g/mol. The van der Waals surface area contributed by atoms with Crippen LogP contribution in [0, 0.1) is 11.8 Å². The summed E-state index contributed by atoms with van der Waals surface area (Å²) in [6.07, 6.45) is 13.3. The highest BCUT2D eigenvalue weighted by atomic mass is 16.3. The molecular formula is C20H44O2. The average molecular weight is 317 g/mol. The highest BCUT2D eigenvalue weighted by molar-refractivity contribution is 4.54. The zero-order chi connectivity index (χ0) is 17.2. The summed E-state index contributed by atoms with van der Waals surface area (Å²) < 4.78 is 0. The van der Waals surface area contributed by atoms with Crippen molar-refractivity contribution in [1.82, 2.24) is 0 Å². The lowest BCUT2D eigenvalue weighted by Gasteiger charge is -2.09. The molecule has 2 unspecified atom stereocenters. The number of hydrogen-bond acceptors (Lipinski definition) is 2. The molecule has 0 fully saturated rings. The third-order valence-electron chi connectivity index (χ3n) is 4.21. The first-order valence-electron chi connectivity index (χ1n) is 9.76. The van der Waals surface area contributed by atoms with Crippen LogP contribution in [0.1, 0.15) is 105 Å². The van der Waals surface area contributed by atoms with Crippen molar-refractivity contribution in [3.05, 3.63) is 0 Å². The topological polar surface area (TPSA) is 40.5 Å². The minimum atomic E-state index is -0.0448. The van der Waals surface area contributed by atoms with Crippen molar-refractivity contribution in [1.29, 1.82) is 0 Å². The molecule has 0 heterocycles. The molecule has 0 radical (unpaired) electrons. The highest BCUT2D eigenvalue weighted by Crippen LogP contribution is 2.14. The summed E-state index contributed by atoms with van der Waals surface area (Å²) in [6, 6.07) is 0. The van der Waals surface area contributed by atoms with Gasteiger partial charge < -0.3 is 10.2 Å². The largest absolute Gasteiger partial charge is 0.396 e. The fourth-order valence-corrected chi connectivity index (χ4v) is 2.43. The van der Waals surface area contributed by atoms with Gasteiger partial charge in [0.2, 0.25) is 0 Å². The van der Waals surface area contributed by atoms with Crippen LogP contribution >= 0.6 is 0 Å². The second-order valence-electron chi connectivity index (χ2n) is 7.21. The maximum Gasteiger partial charge on any atom is 0.0537 e. The van der Waals surface area contributed by atoms with Crippen molar-refractivity contribution >= 4 is 0 Å². The standard InChI is InChI=1S/2C10H22O/c1-9(2)5-4-6-10(3)7-8-11;1-3-5-6-7-8-9-10(11)4-2/h9-11H,4-8H2,1-3H3;10-11H,3-9H2,1-2H3. The van der Waals surface area contributed by atoms with E-state index in [0.29, 0.717) is 12.5 Å². The monoisotopic (exact) mass is 316 g/mol. The molecule has 2 heteroatoms. The molecule has 2 atom stereocenters. The molecule has 0 aliphatic heterocycles. The molecule has 0 spiro atoms. The average Bonchev–Trinajstić information content (AvgIpc) is 2.47. The van der Waals surface area contributed by atoms with Crippen molar-refractivity contribution in [3.8, 4) is 0 Å². The van der Waals surface area contributed by atoms with E-state index in [4.69, 9.17) is 5.11 Å². The molecule has 2 nitrogen and oxygen atoms in total. The van der Waals surface area contributed by atoms with E-state index in [-0.39, 0.29) is 6.10 Å². The van der Waals surface area contributed by atoms with Gasteiger partial charge in [-0.1, -0.05) is 86.0 Å². The Labute approximate surface area is 140 Å². The summed E-state index contributed by atoms with van der Waals surface area (Å²) >= 11 is 0. The lowest BCUT2D eigenvalue weighted by molar-refractivity contribution is 0.156. The molecule has 0 amide bonds. The van der Waals surface area contributed by atoms with Gasteiger partial charge in [0.15, 0.2) is 0 Å². The summed E-state index contributed by atoms with van der Waals surface area (Å²) in [6.45, 7) is 11.4. The third-order valence-corrected chi connectivity index (χ3v) is 4.21. The Bertz CT molecular complexity index is 192. The van der Waals surface area contributed by atoms with Gasteiger partial charge in [-0.2, -0.15) is 0 Å². The second kappa shape index (κ2) is 19.0. The second-order valence-corrected chi connectivity index (χ2v) is 7.21. The molecule has 0 aromatic rings. The predicted molar refractivity (Wildman–Crippen MR) is 99.2 cm³/mol. The molecule has 0 aliphatic rings. The quantitative estimate of drug-likeness (QED) is 0.412. The predicted octanol–water partition coefficient (Wildman–Crippen LogP) is 5.95. The molecule has 0 aliphatic carbocycles. The molecule has 136 valence electrons. The van der Waals surface area contributed by atoms with E-state index in [0.717, 1.165) is 25.2 Å². The fraction of sp³-hybridized carbons (Fsp3) is 1.00. The SMILES string of the molecule is CC(C)CCCC(C)CCO.CCCCCCCC(O)CC. The van der Waals surface area contributed by atoms with Gasteiger partial charge in [-0.3, -0.25) is 0 Å². The van der Waals surface area contributed by atoms with Crippen LogP contribution in [0.5, 0.6) is 0 Å². The Kier molecular flexibility index (Phi) is 20.8. The fourth-order valence-electron chi connectivity index (χ4n) is 2.43. The normalized spacial score (nSPS) is 13.6. The number of hydrogen-bond donors (Lipinski definition) is 2. The van der Waals surface area contributed by atoms with E-state index in [1.54, 1.807) is 0 Å². The van der Waals surface area contributed by atoms with Gasteiger partial charge in [0.05, 0.1) is 6.10 Å². The first-order chi connectivity index (χ1) is 10.5. The van der Waals surface area contributed by atoms with Crippen molar-refractivity contribution in [2.75, 3.05) is 6.61 Å². The number of aliphatic hydroxyl groups excluding tert-OH is 2. The van der Waals surface area contributed by atoms with Crippen molar-refractivity contribution in [3.63, 3.8) is 0 Å². The van der Waals surface area contributed by atoms with Crippen molar-refractivity contribution in [2.45, 2.75) is 111 Å². The molecule has 22 heavy (non-hydrogen) atoms. The summed E-state index contributed by atoms with van der Waals surface area (Å²) in [7, 11) is 0. The lowest BCUT2D eigenvalue weighted by atomic mass is 9.98. The first-order valence-corrected chi connectivity index (χ1v) is 9.76. The Morgan fingerprint density at radius 1 is 0.727 bits per heavy atom. The van der Waals surface area contributed by atoms with Crippen LogP contribution in [-0.2, 0) is 0 Å². The summed E-state index contributed by atoms with van der Waals surface area (Å²) in [5.41, 5.74) is 0. The number of aliphatic hydroxyl groups is 2. The van der Waals surface area contributed by atoms with E-state index >= 15 is 0 Å². The van der Waals surface area contributed by atoms with Gasteiger partial charge in [-0.15, -0.1) is 0 Å². The van der Waals surface area contributed by atoms with E-state index in [9.17, 15) is 5.11 Å². The Morgan fingerprint density at radius 2 is 1.36 bits per heavy atom. The van der Waals surface area contributed by atoms with Crippen LogP contribution in [-0.4, -0.2) is 22.9 Å². The third kappa shape index (κ3) is 22.2. The van der Waals surface area contributed by atoms with Crippen LogP contribution in [0.2, 0.25) is 0 Å². The van der Waals surface area contributed by atoms with E-state index < -0.39 is 0 Å². The van der Waals surface area contributed by atoms with Crippen LogP contribution in [0.4, 0.5) is 0 Å². The summed E-state index contributed by atoms with van der Waals surface area (Å²) in [5, 5.41) is 17.9. The molecule has 2 N–H and O–H groups in total. The van der Waals surface area contributed by atoms with Gasteiger partial charge in [-0.05, 0) is 31.1 Å². The molecule has 0 saturated carbocycles. The highest BCUT2D eigenvalue weighted by Gasteiger charge is 2.01. The van der Waals surface area contributed by atoms with Crippen LogP contribution in [0.15, 0.2) is 0 Å². The lowest BCUT2D eigenvalue weighted by Crippen LogP contribution is -2.03. The van der Waals surface area contributed by atoms with Crippen molar-refractivity contribution in [2.24, 2.45) is 11.8 Å². The van der Waals surface area contributed by atoms with E-state index in [2.05, 4.69) is 27.7 Å². The molecule has 0 bridgehead atoms. The van der Waals surface area contributed by atoms with Crippen molar-refractivity contribution < 1.29 is 10.2 Å². The first kappa shape index (κ1) is 24.2. The zero-order valence-corrected chi connectivity index (χ0v) is 16.1. The van der Waals surface area contributed by atoms with Crippen LogP contribution < -0.4 is 0 Å². The number of unbranched alkanes of at least 4 members (excludes halogenated alkanes) is 4. The summed E-state index contributed by atoms with van der Waals surface area (Å²) in [5.74, 6) is 1.54.